The molecule has 2 rings (SSSR count). The number of hydrogen-bond acceptors (Lipinski definition) is 3. The predicted octanol–water partition coefficient (Wildman–Crippen LogP) is 2.94. The molecule has 0 saturated heterocycles. The van der Waals surface area contributed by atoms with E-state index in [1.165, 1.54) is 0 Å². The summed E-state index contributed by atoms with van der Waals surface area (Å²) in [6, 6.07) is 9.47. The van der Waals surface area contributed by atoms with Crippen LogP contribution in [-0.2, 0) is 0 Å². The van der Waals surface area contributed by atoms with Gasteiger partial charge in [0.2, 0.25) is 0 Å². The number of benzene rings is 1. The van der Waals surface area contributed by atoms with Crippen LogP contribution in [0.3, 0.4) is 0 Å². The van der Waals surface area contributed by atoms with Crippen LogP contribution in [0, 0.1) is 0 Å². The Kier molecular flexibility index (Phi) is 4.05. The van der Waals surface area contributed by atoms with Crippen LogP contribution in [0.25, 0.3) is 10.9 Å². The van der Waals surface area contributed by atoms with E-state index in [2.05, 4.69) is 11.9 Å². The second kappa shape index (κ2) is 5.74. The zero-order valence-electron chi connectivity index (χ0n) is 10.6. The summed E-state index contributed by atoms with van der Waals surface area (Å²) < 4.78 is 0. The molecular formula is C15H18N2O. The molecular weight excluding hydrogens is 224 g/mol. The van der Waals surface area contributed by atoms with Gasteiger partial charge >= 0.3 is 0 Å². The second-order valence-corrected chi connectivity index (χ2v) is 4.56. The summed E-state index contributed by atoms with van der Waals surface area (Å²) in [6.07, 6.45) is 3.99. The third kappa shape index (κ3) is 2.74. The van der Waals surface area contributed by atoms with Crippen LogP contribution in [-0.4, -0.2) is 16.8 Å². The lowest BCUT2D eigenvalue weighted by atomic mass is 9.99. The van der Waals surface area contributed by atoms with Gasteiger partial charge in [0.1, 0.15) is 0 Å². The molecule has 0 aliphatic rings. The lowest BCUT2D eigenvalue weighted by Crippen LogP contribution is -2.23. The van der Waals surface area contributed by atoms with E-state index in [0.29, 0.717) is 12.0 Å². The van der Waals surface area contributed by atoms with Gasteiger partial charge < -0.3 is 5.73 Å². The first-order chi connectivity index (χ1) is 8.72. The fraction of sp³-hybridized carbons (Fsp3) is 0.333. The van der Waals surface area contributed by atoms with E-state index >= 15 is 0 Å². The number of nitrogens with two attached hydrogens (primary N) is 1. The summed E-state index contributed by atoms with van der Waals surface area (Å²) >= 11 is 0. The Hall–Kier alpha value is -1.74. The first-order valence-corrected chi connectivity index (χ1v) is 6.35. The second-order valence-electron chi connectivity index (χ2n) is 4.56. The van der Waals surface area contributed by atoms with Crippen molar-refractivity contribution in [3.05, 3.63) is 42.1 Å². The van der Waals surface area contributed by atoms with Gasteiger partial charge in [0.05, 0.1) is 5.52 Å². The molecule has 0 radical (unpaired) electrons. The number of ketones is 1. The van der Waals surface area contributed by atoms with Gasteiger partial charge in [0.15, 0.2) is 5.78 Å². The maximum absolute atomic E-state index is 12.2. The Labute approximate surface area is 107 Å². The normalized spacial score (nSPS) is 12.6. The third-order valence-corrected chi connectivity index (χ3v) is 3.04. The largest absolute Gasteiger partial charge is 0.327 e. The third-order valence-electron chi connectivity index (χ3n) is 3.04. The molecule has 18 heavy (non-hydrogen) atoms. The fourth-order valence-electron chi connectivity index (χ4n) is 2.15. The number of pyridine rings is 1. The molecule has 1 atom stereocenters. The Morgan fingerprint density at radius 1 is 1.33 bits per heavy atom. The van der Waals surface area contributed by atoms with Crippen LogP contribution < -0.4 is 5.73 Å². The average Bonchev–Trinajstić information content (AvgIpc) is 2.38. The van der Waals surface area contributed by atoms with Crippen molar-refractivity contribution in [3.8, 4) is 0 Å². The minimum atomic E-state index is -0.0542. The number of aromatic nitrogens is 1. The highest BCUT2D eigenvalue weighted by Gasteiger charge is 2.14. The highest BCUT2D eigenvalue weighted by molar-refractivity contribution is 6.06. The monoisotopic (exact) mass is 242 g/mol. The fourth-order valence-corrected chi connectivity index (χ4v) is 2.15. The van der Waals surface area contributed by atoms with E-state index in [1.807, 2.05) is 30.3 Å². The molecule has 0 amide bonds. The standard InChI is InChI=1S/C15H18N2O/c1-2-5-12(16)10-14(18)13-8-3-6-11-7-4-9-17-15(11)13/h3-4,6-9,12H,2,5,10,16H2,1H3. The van der Waals surface area contributed by atoms with Crippen molar-refractivity contribution in [3.63, 3.8) is 0 Å². The number of nitrogens with zero attached hydrogens (tertiary/aromatic N) is 1. The summed E-state index contributed by atoms with van der Waals surface area (Å²) in [5, 5.41) is 0.993. The topological polar surface area (TPSA) is 56.0 Å². The van der Waals surface area contributed by atoms with E-state index in [9.17, 15) is 4.79 Å². The lowest BCUT2D eigenvalue weighted by Gasteiger charge is -2.10. The molecule has 0 aliphatic carbocycles. The van der Waals surface area contributed by atoms with Crippen LogP contribution in [0.1, 0.15) is 36.5 Å². The zero-order valence-corrected chi connectivity index (χ0v) is 10.6. The molecule has 0 spiro atoms. The van der Waals surface area contributed by atoms with Crippen molar-refractivity contribution in [2.75, 3.05) is 0 Å². The van der Waals surface area contributed by atoms with Gasteiger partial charge in [-0.1, -0.05) is 31.5 Å². The molecule has 1 heterocycles. The van der Waals surface area contributed by atoms with Crippen LogP contribution in [0.4, 0.5) is 0 Å². The molecule has 1 unspecified atom stereocenters. The van der Waals surface area contributed by atoms with E-state index in [-0.39, 0.29) is 11.8 Å². The number of carbonyl (C=O) groups is 1. The predicted molar refractivity (Wildman–Crippen MR) is 73.6 cm³/mol. The summed E-state index contributed by atoms with van der Waals surface area (Å²) in [6.45, 7) is 2.07. The van der Waals surface area contributed by atoms with Crippen molar-refractivity contribution in [1.29, 1.82) is 0 Å². The van der Waals surface area contributed by atoms with Crippen LogP contribution in [0.2, 0.25) is 0 Å². The Morgan fingerprint density at radius 3 is 2.89 bits per heavy atom. The first-order valence-electron chi connectivity index (χ1n) is 6.35. The van der Waals surface area contributed by atoms with Crippen LogP contribution >= 0.6 is 0 Å². The van der Waals surface area contributed by atoms with Crippen LogP contribution in [0.5, 0.6) is 0 Å². The Balaban J connectivity index is 2.28. The van der Waals surface area contributed by atoms with Crippen molar-refractivity contribution in [2.45, 2.75) is 32.2 Å². The molecule has 0 aliphatic heterocycles. The van der Waals surface area contributed by atoms with E-state index in [0.717, 1.165) is 23.7 Å². The number of Topliss-reactive ketones (excluding diaryl/α,β-unsaturated/α-hetero) is 1. The molecule has 3 nitrogen and oxygen atoms in total. The van der Waals surface area contributed by atoms with E-state index < -0.39 is 0 Å². The summed E-state index contributed by atoms with van der Waals surface area (Å²) in [7, 11) is 0. The zero-order chi connectivity index (χ0) is 13.0. The number of para-hydroxylation sites is 1. The molecule has 3 heteroatoms. The van der Waals surface area contributed by atoms with Gasteiger partial charge in [-0.2, -0.15) is 0 Å². The quantitative estimate of drug-likeness (QED) is 0.820. The molecule has 0 saturated carbocycles. The summed E-state index contributed by atoms with van der Waals surface area (Å²) in [4.78, 5) is 16.5. The Bertz CT molecular complexity index is 546. The highest BCUT2D eigenvalue weighted by atomic mass is 16.1. The molecule has 0 bridgehead atoms. The van der Waals surface area contributed by atoms with Gasteiger partial charge in [-0.25, -0.2) is 0 Å². The number of hydrogen-bond donors (Lipinski definition) is 1. The van der Waals surface area contributed by atoms with E-state index in [1.54, 1.807) is 6.20 Å². The maximum Gasteiger partial charge on any atom is 0.166 e. The summed E-state index contributed by atoms with van der Waals surface area (Å²) in [5.74, 6) is 0.0836. The molecule has 0 fully saturated rings. The van der Waals surface area contributed by atoms with Gasteiger partial charge in [-0.15, -0.1) is 0 Å². The SMILES string of the molecule is CCCC(N)CC(=O)c1cccc2cccnc12. The van der Waals surface area contributed by atoms with Crippen molar-refractivity contribution >= 4 is 16.7 Å². The van der Waals surface area contributed by atoms with E-state index in [4.69, 9.17) is 5.73 Å². The minimum Gasteiger partial charge on any atom is -0.327 e. The molecule has 1 aromatic heterocycles. The number of rotatable bonds is 5. The smallest absolute Gasteiger partial charge is 0.166 e. The van der Waals surface area contributed by atoms with Gasteiger partial charge in [-0.3, -0.25) is 9.78 Å². The maximum atomic E-state index is 12.2. The van der Waals surface area contributed by atoms with Crippen molar-refractivity contribution in [2.24, 2.45) is 5.73 Å². The number of fused-ring (bicyclic) bond motifs is 1. The summed E-state index contributed by atoms with van der Waals surface area (Å²) in [5.41, 5.74) is 7.38. The van der Waals surface area contributed by atoms with Crippen molar-refractivity contribution < 1.29 is 4.79 Å². The van der Waals surface area contributed by atoms with Gasteiger partial charge in [0.25, 0.3) is 0 Å². The number of carbonyl (C=O) groups excluding carboxylic acids is 1. The van der Waals surface area contributed by atoms with Gasteiger partial charge in [0, 0.05) is 29.6 Å². The van der Waals surface area contributed by atoms with Crippen molar-refractivity contribution in [1.82, 2.24) is 4.98 Å². The van der Waals surface area contributed by atoms with Gasteiger partial charge in [-0.05, 0) is 18.6 Å². The van der Waals surface area contributed by atoms with Crippen LogP contribution in [0.15, 0.2) is 36.5 Å². The molecule has 1 aromatic carbocycles. The molecule has 94 valence electrons. The molecule has 2 aromatic rings. The highest BCUT2D eigenvalue weighted by Crippen LogP contribution is 2.18. The Morgan fingerprint density at radius 2 is 2.11 bits per heavy atom. The molecule has 2 N–H and O–H groups in total. The average molecular weight is 242 g/mol. The lowest BCUT2D eigenvalue weighted by molar-refractivity contribution is 0.0974. The minimum absolute atomic E-state index is 0.0542. The first kappa shape index (κ1) is 12.7.